The molecule has 0 saturated carbocycles. The molecule has 0 aliphatic carbocycles. The molecule has 1 fully saturated rings. The van der Waals surface area contributed by atoms with Gasteiger partial charge in [0.1, 0.15) is 23.2 Å². The highest BCUT2D eigenvalue weighted by molar-refractivity contribution is 5.88. The molecule has 12 heteroatoms. The van der Waals surface area contributed by atoms with Crippen LogP contribution in [0.5, 0.6) is 11.6 Å². The summed E-state index contributed by atoms with van der Waals surface area (Å²) in [5, 5.41) is 7.31. The number of fused-ring (bicyclic) bond motifs is 2. The Bertz CT molecular complexity index is 1980. The van der Waals surface area contributed by atoms with Crippen molar-refractivity contribution in [3.63, 3.8) is 0 Å². The fourth-order valence-electron chi connectivity index (χ4n) is 5.59. The van der Waals surface area contributed by atoms with E-state index in [1.807, 2.05) is 6.07 Å². The first-order valence-corrected chi connectivity index (χ1v) is 14.6. The molecule has 6 aromatic rings. The average molecular weight is 614 g/mol. The summed E-state index contributed by atoms with van der Waals surface area (Å²) in [5.41, 5.74) is 5.53. The Kier molecular flexibility index (Phi) is 7.28. The quantitative estimate of drug-likeness (QED) is 0.166. The maximum atomic E-state index is 12.9. The van der Waals surface area contributed by atoms with Gasteiger partial charge >= 0.3 is 6.18 Å². The molecule has 45 heavy (non-hydrogen) atoms. The molecule has 1 aliphatic heterocycles. The third kappa shape index (κ3) is 6.14. The van der Waals surface area contributed by atoms with Crippen LogP contribution in [0.1, 0.15) is 24.0 Å². The second kappa shape index (κ2) is 11.4. The van der Waals surface area contributed by atoms with Crippen molar-refractivity contribution in [1.82, 2.24) is 24.8 Å². The van der Waals surface area contributed by atoms with Crippen molar-refractivity contribution in [3.05, 3.63) is 84.2 Å². The van der Waals surface area contributed by atoms with E-state index in [0.29, 0.717) is 40.1 Å². The highest BCUT2D eigenvalue weighted by Gasteiger charge is 2.30. The highest BCUT2D eigenvalue weighted by Crippen LogP contribution is 2.35. The van der Waals surface area contributed by atoms with Crippen LogP contribution in [0, 0.1) is 6.92 Å². The van der Waals surface area contributed by atoms with Crippen LogP contribution in [0.3, 0.4) is 0 Å². The van der Waals surface area contributed by atoms with Gasteiger partial charge in [0.25, 0.3) is 6.01 Å². The molecular formula is C33H30F3N7O2. The second-order valence-corrected chi connectivity index (χ2v) is 11.3. The van der Waals surface area contributed by atoms with Gasteiger partial charge in [0.2, 0.25) is 5.88 Å². The predicted octanol–water partition coefficient (Wildman–Crippen LogP) is 8.14. The average Bonchev–Trinajstić information content (AvgIpc) is 3.62. The maximum Gasteiger partial charge on any atom is 0.416 e. The van der Waals surface area contributed by atoms with E-state index in [9.17, 15) is 13.2 Å². The van der Waals surface area contributed by atoms with E-state index >= 15 is 0 Å². The predicted molar refractivity (Wildman–Crippen MR) is 167 cm³/mol. The zero-order chi connectivity index (χ0) is 31.1. The first-order chi connectivity index (χ1) is 21.7. The Morgan fingerprint density at radius 1 is 0.956 bits per heavy atom. The zero-order valence-electron chi connectivity index (χ0n) is 24.6. The molecule has 230 valence electrons. The van der Waals surface area contributed by atoms with E-state index in [2.05, 4.69) is 67.6 Å². The van der Waals surface area contributed by atoms with Crippen LogP contribution in [0.2, 0.25) is 0 Å². The number of alkyl halides is 3. The summed E-state index contributed by atoms with van der Waals surface area (Å²) < 4.78 is 50.5. The van der Waals surface area contributed by atoms with Crippen LogP contribution in [-0.4, -0.2) is 51.0 Å². The summed E-state index contributed by atoms with van der Waals surface area (Å²) in [6, 6.07) is 18.8. The van der Waals surface area contributed by atoms with Crippen molar-refractivity contribution in [3.8, 4) is 22.9 Å². The lowest BCUT2D eigenvalue weighted by Gasteiger charge is -2.30. The van der Waals surface area contributed by atoms with Gasteiger partial charge in [-0.25, -0.2) is 9.97 Å². The van der Waals surface area contributed by atoms with Crippen molar-refractivity contribution >= 4 is 39.5 Å². The summed E-state index contributed by atoms with van der Waals surface area (Å²) in [7, 11) is 2.16. The van der Waals surface area contributed by atoms with E-state index in [4.69, 9.17) is 9.15 Å². The van der Waals surface area contributed by atoms with Crippen LogP contribution in [0.15, 0.2) is 77.5 Å². The number of nitrogens with one attached hydrogen (secondary N) is 3. The lowest BCUT2D eigenvalue weighted by Crippen LogP contribution is -2.36. The van der Waals surface area contributed by atoms with Gasteiger partial charge in [0, 0.05) is 34.7 Å². The molecule has 0 bridgehead atoms. The van der Waals surface area contributed by atoms with Gasteiger partial charge in [-0.15, -0.1) is 0 Å². The SMILES string of the molecule is Cc1cc(NC2CCN(C)CC2)ccc1-c1cc2c(Oc3ccc4oc(Nc5ccc(C(F)(F)F)cc5)nc4c3)ncnc2[nH]1. The van der Waals surface area contributed by atoms with Crippen molar-refractivity contribution in [2.24, 2.45) is 0 Å². The molecule has 0 atom stereocenters. The molecule has 3 N–H and O–H groups in total. The van der Waals surface area contributed by atoms with Crippen LogP contribution < -0.4 is 15.4 Å². The summed E-state index contributed by atoms with van der Waals surface area (Å²) in [6.07, 6.45) is -0.700. The smallest absolute Gasteiger partial charge is 0.416 e. The van der Waals surface area contributed by atoms with E-state index in [0.717, 1.165) is 66.0 Å². The van der Waals surface area contributed by atoms with Crippen LogP contribution in [0.25, 0.3) is 33.4 Å². The number of halogens is 3. The summed E-state index contributed by atoms with van der Waals surface area (Å²) >= 11 is 0. The third-order valence-electron chi connectivity index (χ3n) is 8.03. The molecule has 0 radical (unpaired) electrons. The number of H-pyrrole nitrogens is 1. The molecule has 0 spiro atoms. The lowest BCUT2D eigenvalue weighted by molar-refractivity contribution is -0.137. The standard InChI is InChI=1S/C33H30F3N7O2/c1-19-15-23(39-22-11-13-43(2)14-12-22)7-9-25(19)27-17-26-30(41-27)37-18-38-31(26)44-24-8-10-29-28(16-24)42-32(45-29)40-21-5-3-20(4-6-21)33(34,35)36/h3-10,15-18,22,39H,11-14H2,1-2H3,(H,40,42)(H,37,38,41). The molecule has 1 aliphatic rings. The number of aryl methyl sites for hydroxylation is 1. The van der Waals surface area contributed by atoms with Gasteiger partial charge in [0.15, 0.2) is 5.58 Å². The zero-order valence-corrected chi connectivity index (χ0v) is 24.6. The minimum Gasteiger partial charge on any atom is -0.438 e. The number of likely N-dealkylation sites (tertiary alicyclic amines) is 1. The number of piperidine rings is 1. The molecule has 3 aromatic heterocycles. The van der Waals surface area contributed by atoms with E-state index < -0.39 is 11.7 Å². The fraction of sp³-hybridized carbons (Fsp3) is 0.242. The Morgan fingerprint density at radius 3 is 2.49 bits per heavy atom. The van der Waals surface area contributed by atoms with Gasteiger partial charge in [-0.1, -0.05) is 6.07 Å². The molecule has 9 nitrogen and oxygen atoms in total. The number of anilines is 3. The number of nitrogens with zero attached hydrogens (tertiary/aromatic N) is 4. The highest BCUT2D eigenvalue weighted by atomic mass is 19.4. The Labute approximate surface area is 256 Å². The number of hydrogen-bond donors (Lipinski definition) is 3. The Hall–Kier alpha value is -5.10. The minimum atomic E-state index is -4.40. The first kappa shape index (κ1) is 28.7. The number of benzene rings is 3. The van der Waals surface area contributed by atoms with Crippen LogP contribution >= 0.6 is 0 Å². The van der Waals surface area contributed by atoms with Crippen molar-refractivity contribution in [1.29, 1.82) is 0 Å². The van der Waals surface area contributed by atoms with Gasteiger partial charge < -0.3 is 29.7 Å². The van der Waals surface area contributed by atoms with Gasteiger partial charge in [-0.2, -0.15) is 18.2 Å². The molecule has 1 saturated heterocycles. The molecule has 4 heterocycles. The minimum absolute atomic E-state index is 0.143. The van der Waals surface area contributed by atoms with Crippen LogP contribution in [-0.2, 0) is 6.18 Å². The summed E-state index contributed by atoms with van der Waals surface area (Å²) in [5.74, 6) is 0.867. The number of oxazole rings is 1. The lowest BCUT2D eigenvalue weighted by atomic mass is 10.0. The van der Waals surface area contributed by atoms with Crippen LogP contribution in [0.4, 0.5) is 30.6 Å². The monoisotopic (exact) mass is 613 g/mol. The maximum absolute atomic E-state index is 12.9. The number of aromatic amines is 1. The van der Waals surface area contributed by atoms with Crippen molar-refractivity contribution < 1.29 is 22.3 Å². The van der Waals surface area contributed by atoms with Gasteiger partial charge in [-0.05, 0) is 100 Å². The van der Waals surface area contributed by atoms with Gasteiger partial charge in [0.05, 0.1) is 10.9 Å². The molecular weight excluding hydrogens is 583 g/mol. The molecule has 7 rings (SSSR count). The Balaban J connectivity index is 1.08. The first-order valence-electron chi connectivity index (χ1n) is 14.6. The van der Waals surface area contributed by atoms with E-state index in [1.54, 1.807) is 18.2 Å². The van der Waals surface area contributed by atoms with E-state index in [-0.39, 0.29) is 6.01 Å². The summed E-state index contributed by atoms with van der Waals surface area (Å²) in [6.45, 7) is 4.30. The van der Waals surface area contributed by atoms with Gasteiger partial charge in [-0.3, -0.25) is 0 Å². The number of aromatic nitrogens is 4. The largest absolute Gasteiger partial charge is 0.438 e. The Morgan fingerprint density at radius 2 is 1.73 bits per heavy atom. The topological polar surface area (TPSA) is 104 Å². The number of rotatable bonds is 7. The molecule has 3 aromatic carbocycles. The number of ether oxygens (including phenoxy) is 1. The number of hydrogen-bond acceptors (Lipinski definition) is 8. The molecule has 0 amide bonds. The van der Waals surface area contributed by atoms with Crippen molar-refractivity contribution in [2.45, 2.75) is 32.0 Å². The summed E-state index contributed by atoms with van der Waals surface area (Å²) in [4.78, 5) is 19.0. The molecule has 0 unspecified atom stereocenters. The second-order valence-electron chi connectivity index (χ2n) is 11.3. The van der Waals surface area contributed by atoms with Crippen molar-refractivity contribution in [2.75, 3.05) is 30.8 Å². The normalized spacial score (nSPS) is 14.7. The fourth-order valence-corrected chi connectivity index (χ4v) is 5.59. The van der Waals surface area contributed by atoms with E-state index in [1.165, 1.54) is 18.5 Å². The third-order valence-corrected chi connectivity index (χ3v) is 8.03.